The van der Waals surface area contributed by atoms with Crippen molar-refractivity contribution in [2.75, 3.05) is 6.61 Å². The van der Waals surface area contributed by atoms with Crippen molar-refractivity contribution < 1.29 is 15.0 Å². The van der Waals surface area contributed by atoms with Gasteiger partial charge in [0.05, 0.1) is 18.8 Å². The molecule has 2 atom stereocenters. The first-order valence-electron chi connectivity index (χ1n) is 20.0. The van der Waals surface area contributed by atoms with Crippen LogP contribution in [0, 0.1) is 0 Å². The highest BCUT2D eigenvalue weighted by molar-refractivity contribution is 5.76. The molecule has 0 saturated carbocycles. The Kier molecular flexibility index (Phi) is 36.4. The van der Waals surface area contributed by atoms with Gasteiger partial charge in [0.1, 0.15) is 0 Å². The molecule has 0 spiro atoms. The standard InChI is InChI=1S/C41H79NO3/c1-3-5-7-9-11-13-15-17-18-19-20-21-22-23-25-26-28-30-32-34-36-40(44)39(38-43)42-41(45)37-35-33-31-29-27-24-16-14-12-10-8-6-4-2/h8,10,14,16,39-40,43-44H,3-7,9,11-13,15,17-38H2,1-2H3,(H,42,45)/b10-8-,16-14-. The highest BCUT2D eigenvalue weighted by Crippen LogP contribution is 2.16. The number of aliphatic hydroxyl groups excluding tert-OH is 2. The molecule has 0 heterocycles. The lowest BCUT2D eigenvalue weighted by Crippen LogP contribution is -2.45. The second-order valence-corrected chi connectivity index (χ2v) is 13.7. The summed E-state index contributed by atoms with van der Waals surface area (Å²) >= 11 is 0. The van der Waals surface area contributed by atoms with Crippen LogP contribution in [0.2, 0.25) is 0 Å². The predicted molar refractivity (Wildman–Crippen MR) is 198 cm³/mol. The number of hydrogen-bond acceptors (Lipinski definition) is 3. The number of carbonyl (C=O) groups is 1. The molecule has 0 radical (unpaired) electrons. The minimum Gasteiger partial charge on any atom is -0.394 e. The van der Waals surface area contributed by atoms with Crippen LogP contribution in [0.15, 0.2) is 24.3 Å². The Morgan fingerprint density at radius 2 is 0.956 bits per heavy atom. The van der Waals surface area contributed by atoms with Gasteiger partial charge in [-0.3, -0.25) is 4.79 Å². The fourth-order valence-electron chi connectivity index (χ4n) is 6.10. The summed E-state index contributed by atoms with van der Waals surface area (Å²) in [7, 11) is 0. The van der Waals surface area contributed by atoms with Crippen LogP contribution in [0.25, 0.3) is 0 Å². The molecule has 0 aromatic carbocycles. The zero-order valence-electron chi connectivity index (χ0n) is 30.4. The summed E-state index contributed by atoms with van der Waals surface area (Å²) in [4.78, 5) is 12.3. The van der Waals surface area contributed by atoms with E-state index >= 15 is 0 Å². The number of carbonyl (C=O) groups excluding carboxylic acids is 1. The monoisotopic (exact) mass is 634 g/mol. The van der Waals surface area contributed by atoms with E-state index in [0.29, 0.717) is 12.8 Å². The van der Waals surface area contributed by atoms with Crippen LogP contribution in [-0.4, -0.2) is 34.9 Å². The van der Waals surface area contributed by atoms with Crippen molar-refractivity contribution in [3.63, 3.8) is 0 Å². The summed E-state index contributed by atoms with van der Waals surface area (Å²) in [6.07, 6.45) is 46.7. The van der Waals surface area contributed by atoms with E-state index < -0.39 is 12.1 Å². The van der Waals surface area contributed by atoms with E-state index in [1.54, 1.807) is 0 Å². The molecule has 2 unspecified atom stereocenters. The lowest BCUT2D eigenvalue weighted by atomic mass is 10.0. The summed E-state index contributed by atoms with van der Waals surface area (Å²) < 4.78 is 0. The molecular formula is C41H79NO3. The highest BCUT2D eigenvalue weighted by atomic mass is 16.3. The number of aliphatic hydroxyl groups is 2. The first-order valence-corrected chi connectivity index (χ1v) is 20.0. The largest absolute Gasteiger partial charge is 0.394 e. The maximum atomic E-state index is 12.3. The molecule has 266 valence electrons. The second-order valence-electron chi connectivity index (χ2n) is 13.7. The molecule has 0 aliphatic rings. The third-order valence-electron chi connectivity index (χ3n) is 9.20. The van der Waals surface area contributed by atoms with E-state index in [-0.39, 0.29) is 12.5 Å². The van der Waals surface area contributed by atoms with Gasteiger partial charge in [-0.05, 0) is 38.5 Å². The number of hydrogen-bond donors (Lipinski definition) is 3. The Bertz CT molecular complexity index is 647. The van der Waals surface area contributed by atoms with Gasteiger partial charge in [0, 0.05) is 6.42 Å². The zero-order chi connectivity index (χ0) is 32.9. The fourth-order valence-corrected chi connectivity index (χ4v) is 6.10. The summed E-state index contributed by atoms with van der Waals surface area (Å²) in [5, 5.41) is 23.1. The second kappa shape index (κ2) is 37.3. The molecule has 3 N–H and O–H groups in total. The minimum atomic E-state index is -0.662. The van der Waals surface area contributed by atoms with Crippen molar-refractivity contribution >= 4 is 5.91 Å². The quantitative estimate of drug-likeness (QED) is 0.0475. The molecule has 0 aliphatic carbocycles. The average molecular weight is 634 g/mol. The summed E-state index contributed by atoms with van der Waals surface area (Å²) in [6.45, 7) is 4.29. The summed E-state index contributed by atoms with van der Waals surface area (Å²) in [6, 6.07) is -0.540. The molecule has 0 aromatic rings. The highest BCUT2D eigenvalue weighted by Gasteiger charge is 2.19. The smallest absolute Gasteiger partial charge is 0.220 e. The van der Waals surface area contributed by atoms with Gasteiger partial charge in [-0.2, -0.15) is 0 Å². The first-order chi connectivity index (χ1) is 22.2. The van der Waals surface area contributed by atoms with Crippen molar-refractivity contribution in [2.24, 2.45) is 0 Å². The van der Waals surface area contributed by atoms with Gasteiger partial charge in [0.25, 0.3) is 0 Å². The van der Waals surface area contributed by atoms with E-state index in [4.69, 9.17) is 0 Å². The molecule has 0 bridgehead atoms. The molecule has 1 amide bonds. The zero-order valence-corrected chi connectivity index (χ0v) is 30.4. The first kappa shape index (κ1) is 43.9. The van der Waals surface area contributed by atoms with Crippen molar-refractivity contribution in [3.05, 3.63) is 24.3 Å². The Hall–Kier alpha value is -1.13. The number of rotatable bonds is 36. The van der Waals surface area contributed by atoms with E-state index in [0.717, 1.165) is 44.9 Å². The molecule has 4 nitrogen and oxygen atoms in total. The lowest BCUT2D eigenvalue weighted by Gasteiger charge is -2.22. The van der Waals surface area contributed by atoms with Crippen LogP contribution in [-0.2, 0) is 4.79 Å². The van der Waals surface area contributed by atoms with E-state index in [2.05, 4.69) is 43.5 Å². The molecule has 4 heteroatoms. The van der Waals surface area contributed by atoms with Gasteiger partial charge >= 0.3 is 0 Å². The average Bonchev–Trinajstić information content (AvgIpc) is 3.04. The topological polar surface area (TPSA) is 69.6 Å². The molecule has 0 aliphatic heterocycles. The Labute approximate surface area is 281 Å². The van der Waals surface area contributed by atoms with Gasteiger partial charge in [0.15, 0.2) is 0 Å². The molecular weight excluding hydrogens is 554 g/mol. The van der Waals surface area contributed by atoms with Gasteiger partial charge in [-0.25, -0.2) is 0 Å². The molecule has 0 aromatic heterocycles. The van der Waals surface area contributed by atoms with Gasteiger partial charge in [-0.15, -0.1) is 0 Å². The Morgan fingerprint density at radius 1 is 0.533 bits per heavy atom. The van der Waals surface area contributed by atoms with E-state index in [1.165, 1.54) is 141 Å². The summed E-state index contributed by atoms with van der Waals surface area (Å²) in [5.74, 6) is -0.0457. The normalized spacial score (nSPS) is 13.2. The van der Waals surface area contributed by atoms with Crippen LogP contribution in [0.5, 0.6) is 0 Å². The summed E-state index contributed by atoms with van der Waals surface area (Å²) in [5.41, 5.74) is 0. The Balaban J connectivity index is 3.52. The van der Waals surface area contributed by atoms with Crippen LogP contribution in [0.1, 0.15) is 213 Å². The molecule has 0 rings (SSSR count). The maximum Gasteiger partial charge on any atom is 0.220 e. The lowest BCUT2D eigenvalue weighted by molar-refractivity contribution is -0.123. The third kappa shape index (κ3) is 34.0. The van der Waals surface area contributed by atoms with Crippen LogP contribution in [0.3, 0.4) is 0 Å². The van der Waals surface area contributed by atoms with Crippen LogP contribution in [0.4, 0.5) is 0 Å². The molecule has 45 heavy (non-hydrogen) atoms. The van der Waals surface area contributed by atoms with Crippen LogP contribution >= 0.6 is 0 Å². The predicted octanol–water partition coefficient (Wildman–Crippen LogP) is 12.1. The number of unbranched alkanes of at least 4 members (excludes halogenated alkanes) is 25. The van der Waals surface area contributed by atoms with Crippen molar-refractivity contribution in [1.29, 1.82) is 0 Å². The molecule has 0 fully saturated rings. The van der Waals surface area contributed by atoms with Crippen LogP contribution < -0.4 is 5.32 Å². The number of allylic oxidation sites excluding steroid dienone is 4. The third-order valence-corrected chi connectivity index (χ3v) is 9.20. The fraction of sp³-hybridized carbons (Fsp3) is 0.878. The minimum absolute atomic E-state index is 0.0457. The van der Waals surface area contributed by atoms with Gasteiger partial charge in [-0.1, -0.05) is 192 Å². The van der Waals surface area contributed by atoms with Crippen molar-refractivity contribution in [2.45, 2.75) is 225 Å². The van der Waals surface area contributed by atoms with Crippen molar-refractivity contribution in [1.82, 2.24) is 5.32 Å². The van der Waals surface area contributed by atoms with Crippen molar-refractivity contribution in [3.8, 4) is 0 Å². The van der Waals surface area contributed by atoms with E-state index in [1.807, 2.05) is 0 Å². The Morgan fingerprint density at radius 3 is 1.42 bits per heavy atom. The maximum absolute atomic E-state index is 12.3. The SMILES string of the molecule is CCC/C=C\C/C=C\CCCCCCCC(=O)NC(CO)C(O)CCCCCCCCCCCCCCCCCCCCCC. The number of amides is 1. The number of nitrogens with one attached hydrogen (secondary N) is 1. The van der Waals surface area contributed by atoms with Gasteiger partial charge < -0.3 is 15.5 Å². The molecule has 0 saturated heterocycles. The van der Waals surface area contributed by atoms with Gasteiger partial charge in [0.2, 0.25) is 5.91 Å². The van der Waals surface area contributed by atoms with E-state index in [9.17, 15) is 15.0 Å².